The van der Waals surface area contributed by atoms with Gasteiger partial charge < -0.3 is 10.2 Å². The fourth-order valence-electron chi connectivity index (χ4n) is 1.79. The molecule has 0 spiro atoms. The summed E-state index contributed by atoms with van der Waals surface area (Å²) in [5.41, 5.74) is 2.60. The van der Waals surface area contributed by atoms with Crippen molar-refractivity contribution in [1.29, 1.82) is 5.26 Å². The van der Waals surface area contributed by atoms with Gasteiger partial charge in [0.25, 0.3) is 0 Å². The summed E-state index contributed by atoms with van der Waals surface area (Å²) in [6, 6.07) is 7.80. The number of anilines is 1. The standard InChI is InChI=1S/C14H19N3O/c1-4-7-17(10-14(18)16-3)13-6-5-12(9-15)11(2)8-13/h5-6,8H,4,7,10H2,1-3H3,(H,16,18). The predicted molar refractivity (Wildman–Crippen MR) is 72.5 cm³/mol. The summed E-state index contributed by atoms with van der Waals surface area (Å²) in [5, 5.41) is 11.5. The molecule has 1 amide bonds. The van der Waals surface area contributed by atoms with Crippen molar-refractivity contribution < 1.29 is 4.79 Å². The summed E-state index contributed by atoms with van der Waals surface area (Å²) in [7, 11) is 1.64. The molecule has 1 aromatic carbocycles. The van der Waals surface area contributed by atoms with Crippen molar-refractivity contribution >= 4 is 11.6 Å². The molecule has 1 rings (SSSR count). The minimum atomic E-state index is -0.00883. The van der Waals surface area contributed by atoms with E-state index < -0.39 is 0 Å². The molecule has 0 saturated heterocycles. The number of carbonyl (C=O) groups excluding carboxylic acids is 1. The van der Waals surface area contributed by atoms with E-state index in [2.05, 4.69) is 18.3 Å². The van der Waals surface area contributed by atoms with E-state index in [0.717, 1.165) is 24.2 Å². The lowest BCUT2D eigenvalue weighted by molar-refractivity contribution is -0.119. The maximum atomic E-state index is 11.5. The number of hydrogen-bond acceptors (Lipinski definition) is 3. The highest BCUT2D eigenvalue weighted by Gasteiger charge is 2.10. The number of carbonyl (C=O) groups is 1. The van der Waals surface area contributed by atoms with Gasteiger partial charge in [0.15, 0.2) is 0 Å². The first-order valence-electron chi connectivity index (χ1n) is 6.08. The summed E-state index contributed by atoms with van der Waals surface area (Å²) in [5.74, 6) is -0.00883. The topological polar surface area (TPSA) is 56.1 Å². The maximum Gasteiger partial charge on any atom is 0.239 e. The van der Waals surface area contributed by atoms with Gasteiger partial charge in [-0.3, -0.25) is 4.79 Å². The molecule has 0 unspecified atom stereocenters. The van der Waals surface area contributed by atoms with E-state index in [1.807, 2.05) is 24.0 Å². The number of amides is 1. The normalized spacial score (nSPS) is 9.67. The van der Waals surface area contributed by atoms with Crippen molar-refractivity contribution in [3.63, 3.8) is 0 Å². The second-order valence-electron chi connectivity index (χ2n) is 4.21. The first-order valence-corrected chi connectivity index (χ1v) is 6.08. The van der Waals surface area contributed by atoms with Crippen molar-refractivity contribution in [2.24, 2.45) is 0 Å². The number of rotatable bonds is 5. The summed E-state index contributed by atoms with van der Waals surface area (Å²) >= 11 is 0. The average molecular weight is 245 g/mol. The van der Waals surface area contributed by atoms with E-state index in [1.165, 1.54) is 0 Å². The Hall–Kier alpha value is -2.02. The molecule has 0 fully saturated rings. The van der Waals surface area contributed by atoms with Crippen LogP contribution in [0.4, 0.5) is 5.69 Å². The molecule has 0 saturated carbocycles. The Morgan fingerprint density at radius 3 is 2.72 bits per heavy atom. The number of benzene rings is 1. The van der Waals surface area contributed by atoms with E-state index in [1.54, 1.807) is 13.1 Å². The van der Waals surface area contributed by atoms with E-state index in [0.29, 0.717) is 12.1 Å². The van der Waals surface area contributed by atoms with Gasteiger partial charge in [0, 0.05) is 19.3 Å². The molecule has 1 N–H and O–H groups in total. The van der Waals surface area contributed by atoms with Crippen LogP contribution in [-0.4, -0.2) is 26.0 Å². The second kappa shape index (κ2) is 6.65. The summed E-state index contributed by atoms with van der Waals surface area (Å²) in [6.45, 7) is 5.15. The molecule has 0 atom stereocenters. The molecular weight excluding hydrogens is 226 g/mol. The number of nitrogens with one attached hydrogen (secondary N) is 1. The molecule has 0 aromatic heterocycles. The van der Waals surface area contributed by atoms with Crippen molar-refractivity contribution in [3.05, 3.63) is 29.3 Å². The zero-order chi connectivity index (χ0) is 13.5. The monoisotopic (exact) mass is 245 g/mol. The Morgan fingerprint density at radius 1 is 1.50 bits per heavy atom. The van der Waals surface area contributed by atoms with Gasteiger partial charge >= 0.3 is 0 Å². The number of hydrogen-bond donors (Lipinski definition) is 1. The van der Waals surface area contributed by atoms with Gasteiger partial charge in [0.2, 0.25) is 5.91 Å². The quantitative estimate of drug-likeness (QED) is 0.861. The molecule has 0 radical (unpaired) electrons. The average Bonchev–Trinajstić information content (AvgIpc) is 2.38. The van der Waals surface area contributed by atoms with Crippen molar-refractivity contribution in [2.75, 3.05) is 25.0 Å². The number of nitriles is 1. The molecule has 96 valence electrons. The highest BCUT2D eigenvalue weighted by Crippen LogP contribution is 2.19. The Kier molecular flexibility index (Phi) is 5.19. The highest BCUT2D eigenvalue weighted by molar-refractivity contribution is 5.81. The molecule has 4 heteroatoms. The zero-order valence-corrected chi connectivity index (χ0v) is 11.2. The summed E-state index contributed by atoms with van der Waals surface area (Å²) < 4.78 is 0. The fourth-order valence-corrected chi connectivity index (χ4v) is 1.79. The van der Waals surface area contributed by atoms with E-state index in [4.69, 9.17) is 5.26 Å². The van der Waals surface area contributed by atoms with Gasteiger partial charge in [0.05, 0.1) is 18.2 Å². The van der Waals surface area contributed by atoms with Gasteiger partial charge in [-0.15, -0.1) is 0 Å². The smallest absolute Gasteiger partial charge is 0.239 e. The van der Waals surface area contributed by atoms with Crippen molar-refractivity contribution in [3.8, 4) is 6.07 Å². The number of nitrogens with zero attached hydrogens (tertiary/aromatic N) is 2. The van der Waals surface area contributed by atoms with Crippen LogP contribution in [0.1, 0.15) is 24.5 Å². The van der Waals surface area contributed by atoms with Crippen molar-refractivity contribution in [2.45, 2.75) is 20.3 Å². The van der Waals surface area contributed by atoms with Crippen LogP contribution in [0.15, 0.2) is 18.2 Å². The molecule has 4 nitrogen and oxygen atoms in total. The van der Waals surface area contributed by atoms with Gasteiger partial charge in [-0.1, -0.05) is 6.92 Å². The molecule has 0 aliphatic rings. The minimum Gasteiger partial charge on any atom is -0.362 e. The second-order valence-corrected chi connectivity index (χ2v) is 4.21. The van der Waals surface area contributed by atoms with Crippen LogP contribution in [0.2, 0.25) is 0 Å². The van der Waals surface area contributed by atoms with Gasteiger partial charge in [-0.25, -0.2) is 0 Å². The first kappa shape index (κ1) is 14.0. The van der Waals surface area contributed by atoms with Crippen LogP contribution in [-0.2, 0) is 4.79 Å². The summed E-state index contributed by atoms with van der Waals surface area (Å²) in [4.78, 5) is 13.5. The minimum absolute atomic E-state index is 0.00883. The molecule has 18 heavy (non-hydrogen) atoms. The predicted octanol–water partition coefficient (Wildman–Crippen LogP) is 1.83. The third kappa shape index (κ3) is 3.49. The fraction of sp³-hybridized carbons (Fsp3) is 0.429. The molecular formula is C14H19N3O. The van der Waals surface area contributed by atoms with Gasteiger partial charge in [-0.05, 0) is 37.1 Å². The van der Waals surface area contributed by atoms with E-state index in [9.17, 15) is 4.79 Å². The zero-order valence-electron chi connectivity index (χ0n) is 11.2. The SMILES string of the molecule is CCCN(CC(=O)NC)c1ccc(C#N)c(C)c1. The Labute approximate surface area is 108 Å². The lowest BCUT2D eigenvalue weighted by Crippen LogP contribution is -2.36. The van der Waals surface area contributed by atoms with Crippen LogP contribution < -0.4 is 10.2 Å². The summed E-state index contributed by atoms with van der Waals surface area (Å²) in [6.07, 6.45) is 0.968. The lowest BCUT2D eigenvalue weighted by atomic mass is 10.1. The molecule has 0 aliphatic carbocycles. The molecule has 0 bridgehead atoms. The van der Waals surface area contributed by atoms with Crippen LogP contribution in [0.3, 0.4) is 0 Å². The van der Waals surface area contributed by atoms with Crippen LogP contribution in [0.5, 0.6) is 0 Å². The first-order chi connectivity index (χ1) is 8.62. The number of likely N-dealkylation sites (N-methyl/N-ethyl adjacent to an activating group) is 1. The number of aryl methyl sites for hydroxylation is 1. The molecule has 1 aromatic rings. The third-order valence-electron chi connectivity index (χ3n) is 2.80. The van der Waals surface area contributed by atoms with Crippen LogP contribution in [0, 0.1) is 18.3 Å². The molecule has 0 aliphatic heterocycles. The van der Waals surface area contributed by atoms with Crippen LogP contribution in [0.25, 0.3) is 0 Å². The van der Waals surface area contributed by atoms with Gasteiger partial charge in [0.1, 0.15) is 0 Å². The highest BCUT2D eigenvalue weighted by atomic mass is 16.1. The van der Waals surface area contributed by atoms with E-state index in [-0.39, 0.29) is 5.91 Å². The maximum absolute atomic E-state index is 11.5. The third-order valence-corrected chi connectivity index (χ3v) is 2.80. The Bertz CT molecular complexity index is 463. The Morgan fingerprint density at radius 2 is 2.22 bits per heavy atom. The van der Waals surface area contributed by atoms with Crippen molar-refractivity contribution in [1.82, 2.24) is 5.32 Å². The van der Waals surface area contributed by atoms with Gasteiger partial charge in [-0.2, -0.15) is 5.26 Å². The lowest BCUT2D eigenvalue weighted by Gasteiger charge is -2.24. The Balaban J connectivity index is 2.95. The largest absolute Gasteiger partial charge is 0.362 e. The molecule has 0 heterocycles. The van der Waals surface area contributed by atoms with Crippen LogP contribution >= 0.6 is 0 Å². The van der Waals surface area contributed by atoms with E-state index >= 15 is 0 Å².